The number of Topliss-reactive ketones (excluding diaryl/α,β-unsaturated/α-hetero) is 1. The fourth-order valence-corrected chi connectivity index (χ4v) is 2.80. The van der Waals surface area contributed by atoms with Crippen molar-refractivity contribution in [2.24, 2.45) is 0 Å². The molecule has 1 atom stereocenters. The average Bonchev–Trinajstić information content (AvgIpc) is 2.47. The molecule has 1 aromatic carbocycles. The molecule has 0 fully saturated rings. The summed E-state index contributed by atoms with van der Waals surface area (Å²) < 4.78 is 0. The number of hydrogen-bond acceptors (Lipinski definition) is 3. The molecular formula is C17H14Cl2N2O. The Morgan fingerprint density at radius 2 is 2.00 bits per heavy atom. The van der Waals surface area contributed by atoms with Crippen LogP contribution in [-0.4, -0.2) is 10.8 Å². The molecule has 2 aromatic rings. The molecule has 0 unspecified atom stereocenters. The van der Waals surface area contributed by atoms with Crippen LogP contribution in [0.3, 0.4) is 0 Å². The van der Waals surface area contributed by atoms with Crippen molar-refractivity contribution < 1.29 is 4.79 Å². The zero-order valence-electron chi connectivity index (χ0n) is 12.0. The second-order valence-corrected chi connectivity index (χ2v) is 5.87. The molecule has 112 valence electrons. The summed E-state index contributed by atoms with van der Waals surface area (Å²) in [5, 5.41) is 9.15. The first-order valence-corrected chi connectivity index (χ1v) is 7.58. The minimum absolute atomic E-state index is 0.0360. The standard InChI is InChI=1S/C17H14Cl2N2O/c1-11(12-5-3-2-4-6-12)7-14(22)8-13-9-16(18)15(10-20)17(19)21-13/h2-6,9,11H,7-8H2,1H3/t11-/m0/s1. The Labute approximate surface area is 139 Å². The zero-order valence-corrected chi connectivity index (χ0v) is 13.5. The third-order valence-electron chi connectivity index (χ3n) is 3.37. The Morgan fingerprint density at radius 1 is 1.32 bits per heavy atom. The molecule has 1 aromatic heterocycles. The number of aromatic nitrogens is 1. The second-order valence-electron chi connectivity index (χ2n) is 5.10. The lowest BCUT2D eigenvalue weighted by atomic mass is 9.94. The van der Waals surface area contributed by atoms with Gasteiger partial charge in [-0.1, -0.05) is 60.5 Å². The number of hydrogen-bond donors (Lipinski definition) is 0. The number of nitriles is 1. The van der Waals surface area contributed by atoms with Crippen molar-refractivity contribution in [1.82, 2.24) is 4.98 Å². The van der Waals surface area contributed by atoms with Gasteiger partial charge in [-0.05, 0) is 17.5 Å². The van der Waals surface area contributed by atoms with Gasteiger partial charge in [0.15, 0.2) is 0 Å². The summed E-state index contributed by atoms with van der Waals surface area (Å²) in [6.45, 7) is 2.01. The van der Waals surface area contributed by atoms with Crippen molar-refractivity contribution in [3.05, 3.63) is 63.4 Å². The van der Waals surface area contributed by atoms with E-state index < -0.39 is 0 Å². The average molecular weight is 333 g/mol. The van der Waals surface area contributed by atoms with E-state index in [-0.39, 0.29) is 33.9 Å². The van der Waals surface area contributed by atoms with Crippen molar-refractivity contribution in [3.8, 4) is 6.07 Å². The van der Waals surface area contributed by atoms with Crippen LogP contribution in [0.15, 0.2) is 36.4 Å². The normalized spacial score (nSPS) is 11.7. The summed E-state index contributed by atoms with van der Waals surface area (Å²) in [4.78, 5) is 16.2. The quantitative estimate of drug-likeness (QED) is 0.754. The van der Waals surface area contributed by atoms with Gasteiger partial charge in [0.2, 0.25) is 0 Å². The number of pyridine rings is 1. The molecule has 2 rings (SSSR count). The van der Waals surface area contributed by atoms with Crippen LogP contribution in [0.1, 0.15) is 36.1 Å². The molecule has 0 aliphatic heterocycles. The zero-order chi connectivity index (χ0) is 16.1. The first kappa shape index (κ1) is 16.5. The molecule has 5 heteroatoms. The van der Waals surface area contributed by atoms with Gasteiger partial charge in [0.25, 0.3) is 0 Å². The minimum atomic E-state index is 0.0360. The fourth-order valence-electron chi connectivity index (χ4n) is 2.24. The van der Waals surface area contributed by atoms with Crippen molar-refractivity contribution in [1.29, 1.82) is 5.26 Å². The third kappa shape index (κ3) is 4.07. The summed E-state index contributed by atoms with van der Waals surface area (Å²) in [6.07, 6.45) is 0.573. The van der Waals surface area contributed by atoms with Gasteiger partial charge in [0, 0.05) is 12.8 Å². The van der Waals surface area contributed by atoms with Gasteiger partial charge in [-0.25, -0.2) is 4.98 Å². The van der Waals surface area contributed by atoms with E-state index in [0.717, 1.165) is 5.56 Å². The van der Waals surface area contributed by atoms with Crippen molar-refractivity contribution >= 4 is 29.0 Å². The number of ketones is 1. The number of carbonyl (C=O) groups is 1. The lowest BCUT2D eigenvalue weighted by Crippen LogP contribution is -2.09. The third-order valence-corrected chi connectivity index (χ3v) is 3.94. The van der Waals surface area contributed by atoms with E-state index >= 15 is 0 Å². The van der Waals surface area contributed by atoms with Crippen molar-refractivity contribution in [2.45, 2.75) is 25.7 Å². The molecular weight excluding hydrogens is 319 g/mol. The van der Waals surface area contributed by atoms with Gasteiger partial charge in [0.1, 0.15) is 22.6 Å². The Bertz CT molecular complexity index is 700. The molecule has 0 N–H and O–H groups in total. The van der Waals surface area contributed by atoms with Crippen LogP contribution in [0.5, 0.6) is 0 Å². The first-order valence-electron chi connectivity index (χ1n) is 6.83. The number of halogens is 2. The Morgan fingerprint density at radius 3 is 2.59 bits per heavy atom. The maximum absolute atomic E-state index is 12.2. The lowest BCUT2D eigenvalue weighted by molar-refractivity contribution is -0.118. The van der Waals surface area contributed by atoms with Crippen LogP contribution in [0.4, 0.5) is 0 Å². The molecule has 3 nitrogen and oxygen atoms in total. The molecule has 0 bridgehead atoms. The highest BCUT2D eigenvalue weighted by molar-refractivity contribution is 6.35. The number of benzene rings is 1. The van der Waals surface area contributed by atoms with E-state index in [1.807, 2.05) is 43.3 Å². The fraction of sp³-hybridized carbons (Fsp3) is 0.235. The van der Waals surface area contributed by atoms with E-state index in [0.29, 0.717) is 12.1 Å². The van der Waals surface area contributed by atoms with Crippen LogP contribution in [0.2, 0.25) is 10.2 Å². The topological polar surface area (TPSA) is 53.8 Å². The van der Waals surface area contributed by atoms with Crippen molar-refractivity contribution in [3.63, 3.8) is 0 Å². The summed E-state index contributed by atoms with van der Waals surface area (Å²) in [6, 6.07) is 13.3. The van der Waals surface area contributed by atoms with E-state index in [1.54, 1.807) is 0 Å². The van der Waals surface area contributed by atoms with Crippen LogP contribution < -0.4 is 0 Å². The first-order chi connectivity index (χ1) is 10.5. The molecule has 0 amide bonds. The molecule has 0 spiro atoms. The van der Waals surface area contributed by atoms with Gasteiger partial charge >= 0.3 is 0 Å². The number of carbonyl (C=O) groups excluding carboxylic acids is 1. The lowest BCUT2D eigenvalue weighted by Gasteiger charge is -2.11. The predicted octanol–water partition coefficient (Wildman–Crippen LogP) is 4.57. The molecule has 0 aliphatic rings. The Balaban J connectivity index is 2.05. The molecule has 1 heterocycles. The van der Waals surface area contributed by atoms with Crippen LogP contribution in [0.25, 0.3) is 0 Å². The van der Waals surface area contributed by atoms with E-state index in [9.17, 15) is 4.79 Å². The van der Waals surface area contributed by atoms with E-state index in [4.69, 9.17) is 28.5 Å². The molecule has 0 saturated carbocycles. The maximum atomic E-state index is 12.2. The summed E-state index contributed by atoms with van der Waals surface area (Å²) in [5.41, 5.74) is 1.75. The summed E-state index contributed by atoms with van der Waals surface area (Å²) in [7, 11) is 0. The number of nitrogens with zero attached hydrogens (tertiary/aromatic N) is 2. The molecule has 0 saturated heterocycles. The minimum Gasteiger partial charge on any atom is -0.299 e. The summed E-state index contributed by atoms with van der Waals surface area (Å²) >= 11 is 11.9. The van der Waals surface area contributed by atoms with Gasteiger partial charge in [-0.3, -0.25) is 4.79 Å². The largest absolute Gasteiger partial charge is 0.299 e. The highest BCUT2D eigenvalue weighted by atomic mass is 35.5. The van der Waals surface area contributed by atoms with Gasteiger partial charge in [-0.2, -0.15) is 5.26 Å². The van der Waals surface area contributed by atoms with Crippen LogP contribution >= 0.6 is 23.2 Å². The summed E-state index contributed by atoms with van der Waals surface area (Å²) in [5.74, 6) is 0.193. The number of rotatable bonds is 5. The monoisotopic (exact) mass is 332 g/mol. The smallest absolute Gasteiger partial charge is 0.148 e. The van der Waals surface area contributed by atoms with E-state index in [2.05, 4.69) is 4.98 Å². The molecule has 22 heavy (non-hydrogen) atoms. The van der Waals surface area contributed by atoms with Gasteiger partial charge in [-0.15, -0.1) is 0 Å². The van der Waals surface area contributed by atoms with Crippen molar-refractivity contribution in [2.75, 3.05) is 0 Å². The second kappa shape index (κ2) is 7.40. The SMILES string of the molecule is C[C@@H](CC(=O)Cc1cc(Cl)c(C#N)c(Cl)n1)c1ccccc1. The maximum Gasteiger partial charge on any atom is 0.148 e. The molecule has 0 aliphatic carbocycles. The Hall–Kier alpha value is -1.89. The molecule has 0 radical (unpaired) electrons. The highest BCUT2D eigenvalue weighted by Gasteiger charge is 2.15. The predicted molar refractivity (Wildman–Crippen MR) is 87.2 cm³/mol. The van der Waals surface area contributed by atoms with Crippen LogP contribution in [-0.2, 0) is 11.2 Å². The van der Waals surface area contributed by atoms with Gasteiger partial charge < -0.3 is 0 Å². The Kier molecular flexibility index (Phi) is 5.54. The van der Waals surface area contributed by atoms with E-state index in [1.165, 1.54) is 6.07 Å². The highest BCUT2D eigenvalue weighted by Crippen LogP contribution is 2.24. The van der Waals surface area contributed by atoms with Gasteiger partial charge in [0.05, 0.1) is 10.7 Å². The van der Waals surface area contributed by atoms with Crippen LogP contribution in [0, 0.1) is 11.3 Å².